The van der Waals surface area contributed by atoms with Crippen LogP contribution < -0.4 is 0 Å². The van der Waals surface area contributed by atoms with Gasteiger partial charge in [-0.3, -0.25) is 4.98 Å². The molecule has 0 atom stereocenters. The van der Waals surface area contributed by atoms with E-state index in [1.54, 1.807) is 0 Å². The van der Waals surface area contributed by atoms with Gasteiger partial charge in [-0.15, -0.1) is 0 Å². The maximum atomic E-state index is 12.6. The lowest BCUT2D eigenvalue weighted by atomic mass is 10.0. The predicted molar refractivity (Wildman–Crippen MR) is 44.8 cm³/mol. The highest BCUT2D eigenvalue weighted by atomic mass is 19.4. The first-order valence-corrected chi connectivity index (χ1v) is 4.21. The van der Waals surface area contributed by atoms with Crippen molar-refractivity contribution in [2.45, 2.75) is 19.2 Å². The molecule has 0 aliphatic rings. The van der Waals surface area contributed by atoms with Crippen molar-refractivity contribution in [3.05, 3.63) is 28.6 Å². The molecule has 0 aromatic carbocycles. The summed E-state index contributed by atoms with van der Waals surface area (Å²) in [6, 6.07) is 1.31. The first kappa shape index (κ1) is 13.3. The Bertz CT molecular complexity index is 464. The van der Waals surface area contributed by atoms with Gasteiger partial charge in [0, 0.05) is 17.3 Å². The Morgan fingerprint density at radius 1 is 1.41 bits per heavy atom. The zero-order valence-electron chi connectivity index (χ0n) is 8.09. The van der Waals surface area contributed by atoms with Crippen LogP contribution in [0.5, 0.6) is 0 Å². The summed E-state index contributed by atoms with van der Waals surface area (Å²) >= 11 is 0. The number of pyridine rings is 1. The number of aromatic nitrogens is 1. The van der Waals surface area contributed by atoms with Gasteiger partial charge < -0.3 is 5.11 Å². The Morgan fingerprint density at radius 3 is 2.35 bits per heavy atom. The highest BCUT2D eigenvalue weighted by Crippen LogP contribution is 2.36. The van der Waals surface area contributed by atoms with Crippen molar-refractivity contribution >= 4 is 0 Å². The van der Waals surface area contributed by atoms with Gasteiger partial charge in [-0.1, -0.05) is 0 Å². The molecule has 0 aliphatic heterocycles. The number of halogens is 5. The van der Waals surface area contributed by atoms with Crippen LogP contribution in [0.4, 0.5) is 22.0 Å². The van der Waals surface area contributed by atoms with E-state index in [1.165, 1.54) is 6.07 Å². The molecule has 0 fully saturated rings. The lowest BCUT2D eigenvalue weighted by Gasteiger charge is -2.14. The smallest absolute Gasteiger partial charge is 0.392 e. The van der Waals surface area contributed by atoms with Crippen LogP contribution in [-0.2, 0) is 12.8 Å². The minimum atomic E-state index is -4.96. The van der Waals surface area contributed by atoms with Gasteiger partial charge in [0.05, 0.1) is 12.2 Å². The molecule has 0 bridgehead atoms. The molecule has 0 aliphatic carbocycles. The number of hydrogen-bond acceptors (Lipinski definition) is 3. The molecule has 0 amide bonds. The van der Waals surface area contributed by atoms with Crippen LogP contribution in [-0.4, -0.2) is 10.1 Å². The van der Waals surface area contributed by atoms with E-state index >= 15 is 0 Å². The second-order valence-electron chi connectivity index (χ2n) is 2.98. The van der Waals surface area contributed by atoms with E-state index in [0.29, 0.717) is 6.20 Å². The van der Waals surface area contributed by atoms with Crippen LogP contribution in [0.15, 0.2) is 6.20 Å². The quantitative estimate of drug-likeness (QED) is 0.822. The summed E-state index contributed by atoms with van der Waals surface area (Å²) in [7, 11) is 0. The molecular formula is C9H5F5N2O. The summed E-state index contributed by atoms with van der Waals surface area (Å²) in [5, 5.41) is 17.2. The summed E-state index contributed by atoms with van der Waals surface area (Å²) in [6.45, 7) is -1.27. The van der Waals surface area contributed by atoms with E-state index in [0.717, 1.165) is 0 Å². The summed E-state index contributed by atoms with van der Waals surface area (Å²) in [5.74, 6) is 0. The number of rotatable bonds is 2. The Labute approximate surface area is 92.1 Å². The number of alkyl halides is 5. The van der Waals surface area contributed by atoms with Crippen LogP contribution >= 0.6 is 0 Å². The molecule has 0 spiro atoms. The molecule has 0 radical (unpaired) electrons. The molecular weight excluding hydrogens is 247 g/mol. The topological polar surface area (TPSA) is 56.9 Å². The predicted octanol–water partition coefficient (Wildman–Crippen LogP) is 2.40. The van der Waals surface area contributed by atoms with Crippen molar-refractivity contribution in [1.29, 1.82) is 5.26 Å². The summed E-state index contributed by atoms with van der Waals surface area (Å²) in [6.07, 6.45) is -7.84. The molecule has 1 aromatic rings. The maximum Gasteiger partial charge on any atom is 0.433 e. The van der Waals surface area contributed by atoms with E-state index in [4.69, 9.17) is 10.4 Å². The van der Waals surface area contributed by atoms with Gasteiger partial charge in [-0.2, -0.15) is 18.4 Å². The molecule has 0 unspecified atom stereocenters. The molecule has 17 heavy (non-hydrogen) atoms. The van der Waals surface area contributed by atoms with Gasteiger partial charge in [0.2, 0.25) is 0 Å². The minimum Gasteiger partial charge on any atom is -0.392 e. The molecule has 1 N–H and O–H groups in total. The first-order valence-electron chi connectivity index (χ1n) is 4.21. The molecule has 1 heterocycles. The first-order chi connectivity index (χ1) is 7.82. The van der Waals surface area contributed by atoms with E-state index in [2.05, 4.69) is 4.98 Å². The van der Waals surface area contributed by atoms with Gasteiger partial charge in [0.25, 0.3) is 6.43 Å². The summed E-state index contributed by atoms with van der Waals surface area (Å²) in [5.41, 5.74) is -4.48. The SMILES string of the molecule is N#Cc1cnc(C(F)(F)F)c(CO)c1C(F)F. The van der Waals surface area contributed by atoms with Crippen molar-refractivity contribution in [3.8, 4) is 6.07 Å². The van der Waals surface area contributed by atoms with Gasteiger partial charge >= 0.3 is 6.18 Å². The summed E-state index contributed by atoms with van der Waals surface area (Å²) in [4.78, 5) is 2.89. The van der Waals surface area contributed by atoms with Crippen molar-refractivity contribution in [2.75, 3.05) is 0 Å². The van der Waals surface area contributed by atoms with E-state index in [1.807, 2.05) is 0 Å². The largest absolute Gasteiger partial charge is 0.433 e. The van der Waals surface area contributed by atoms with E-state index in [-0.39, 0.29) is 0 Å². The van der Waals surface area contributed by atoms with Crippen LogP contribution in [0.3, 0.4) is 0 Å². The molecule has 0 saturated heterocycles. The van der Waals surface area contributed by atoms with Gasteiger partial charge in [0.1, 0.15) is 11.8 Å². The highest BCUT2D eigenvalue weighted by Gasteiger charge is 2.38. The average molecular weight is 252 g/mol. The number of aliphatic hydroxyl groups excluding tert-OH is 1. The van der Waals surface area contributed by atoms with E-state index in [9.17, 15) is 22.0 Å². The van der Waals surface area contributed by atoms with Gasteiger partial charge in [-0.05, 0) is 0 Å². The summed E-state index contributed by atoms with van der Waals surface area (Å²) < 4.78 is 62.4. The Balaban J connectivity index is 3.60. The number of nitrogens with zero attached hydrogens (tertiary/aromatic N) is 2. The monoisotopic (exact) mass is 252 g/mol. The van der Waals surface area contributed by atoms with Crippen molar-refractivity contribution in [1.82, 2.24) is 4.98 Å². The second kappa shape index (κ2) is 4.63. The fourth-order valence-electron chi connectivity index (χ4n) is 1.31. The number of hydrogen-bond donors (Lipinski definition) is 1. The molecule has 3 nitrogen and oxygen atoms in total. The fraction of sp³-hybridized carbons (Fsp3) is 0.333. The van der Waals surface area contributed by atoms with Gasteiger partial charge in [-0.25, -0.2) is 8.78 Å². The minimum absolute atomic E-state index is 0.420. The molecule has 0 saturated carbocycles. The van der Waals surface area contributed by atoms with Crippen molar-refractivity contribution < 1.29 is 27.1 Å². The zero-order chi connectivity index (χ0) is 13.2. The number of nitriles is 1. The third-order valence-electron chi connectivity index (χ3n) is 1.99. The standard InChI is InChI=1S/C9H5F5N2O/c10-8(11)6-4(1-15)2-16-7(5(6)3-17)9(12,13)14/h2,8,17H,3H2. The lowest BCUT2D eigenvalue weighted by Crippen LogP contribution is -2.15. The van der Waals surface area contributed by atoms with Crippen molar-refractivity contribution in [2.24, 2.45) is 0 Å². The second-order valence-corrected chi connectivity index (χ2v) is 2.98. The molecule has 1 aromatic heterocycles. The Kier molecular flexibility index (Phi) is 3.63. The molecule has 92 valence electrons. The van der Waals surface area contributed by atoms with Gasteiger partial charge in [0.15, 0.2) is 0 Å². The van der Waals surface area contributed by atoms with Crippen LogP contribution in [0.2, 0.25) is 0 Å². The molecule has 1 rings (SSSR count). The highest BCUT2D eigenvalue weighted by molar-refractivity contribution is 5.44. The Hall–Kier alpha value is -1.75. The van der Waals surface area contributed by atoms with Crippen LogP contribution in [0, 0.1) is 11.3 Å². The Morgan fingerprint density at radius 2 is 2.00 bits per heavy atom. The third-order valence-corrected chi connectivity index (χ3v) is 1.99. The average Bonchev–Trinajstić information content (AvgIpc) is 2.25. The normalized spacial score (nSPS) is 11.6. The van der Waals surface area contributed by atoms with Crippen molar-refractivity contribution in [3.63, 3.8) is 0 Å². The maximum absolute atomic E-state index is 12.6. The fourth-order valence-corrected chi connectivity index (χ4v) is 1.31. The van der Waals surface area contributed by atoms with Crippen LogP contribution in [0.25, 0.3) is 0 Å². The lowest BCUT2D eigenvalue weighted by molar-refractivity contribution is -0.142. The van der Waals surface area contributed by atoms with Crippen LogP contribution in [0.1, 0.15) is 28.8 Å². The third kappa shape index (κ3) is 2.50. The zero-order valence-corrected chi connectivity index (χ0v) is 8.09. The number of aliphatic hydroxyl groups is 1. The molecule has 8 heteroatoms. The van der Waals surface area contributed by atoms with E-state index < -0.39 is 41.6 Å².